The summed E-state index contributed by atoms with van der Waals surface area (Å²) >= 11 is 2.73. The Morgan fingerprint density at radius 1 is 1.43 bits per heavy atom. The normalized spacial score (nSPS) is 11.4. The zero-order valence-electron chi connectivity index (χ0n) is 6.34. The molecule has 8 heteroatoms. The van der Waals surface area contributed by atoms with Gasteiger partial charge >= 0.3 is 12.1 Å². The molecule has 0 bridgehead atoms. The molecule has 4 nitrogen and oxygen atoms in total. The van der Waals surface area contributed by atoms with Crippen LogP contribution in [0.2, 0.25) is 0 Å². The molecule has 0 fully saturated rings. The first-order valence-electron chi connectivity index (χ1n) is 3.16. The minimum atomic E-state index is -4.82. The lowest BCUT2D eigenvalue weighted by atomic mass is 10.2. The lowest BCUT2D eigenvalue weighted by Crippen LogP contribution is -2.16. The number of aromatic nitrogens is 2. The molecule has 14 heavy (non-hydrogen) atoms. The zero-order chi connectivity index (χ0) is 10.9. The molecule has 0 aliphatic rings. The molecular formula is C6H2BrF3N2O2. The van der Waals surface area contributed by atoms with Crippen molar-refractivity contribution in [2.45, 2.75) is 6.18 Å². The summed E-state index contributed by atoms with van der Waals surface area (Å²) in [7, 11) is 0. The van der Waals surface area contributed by atoms with Gasteiger partial charge in [-0.25, -0.2) is 4.79 Å². The molecule has 0 saturated carbocycles. The van der Waals surface area contributed by atoms with Crippen LogP contribution in [0.3, 0.4) is 0 Å². The van der Waals surface area contributed by atoms with Crippen LogP contribution in [0.4, 0.5) is 13.2 Å². The topological polar surface area (TPSA) is 63.1 Å². The van der Waals surface area contributed by atoms with Crippen molar-refractivity contribution >= 4 is 21.9 Å². The monoisotopic (exact) mass is 270 g/mol. The molecule has 0 aliphatic carbocycles. The van der Waals surface area contributed by atoms with E-state index in [0.717, 1.165) is 6.07 Å². The Kier molecular flexibility index (Phi) is 2.74. The van der Waals surface area contributed by atoms with Crippen LogP contribution in [-0.4, -0.2) is 21.3 Å². The Balaban J connectivity index is 3.37. The third-order valence-electron chi connectivity index (χ3n) is 1.26. The summed E-state index contributed by atoms with van der Waals surface area (Å²) in [5, 5.41) is 14.3. The van der Waals surface area contributed by atoms with Gasteiger partial charge < -0.3 is 5.11 Å². The van der Waals surface area contributed by atoms with E-state index in [2.05, 4.69) is 26.1 Å². The Morgan fingerprint density at radius 2 is 2.00 bits per heavy atom. The number of carboxylic acids is 1. The predicted molar refractivity (Wildman–Crippen MR) is 41.7 cm³/mol. The molecule has 1 aromatic heterocycles. The number of carbonyl (C=O) groups is 1. The van der Waals surface area contributed by atoms with Crippen molar-refractivity contribution in [2.24, 2.45) is 0 Å². The van der Waals surface area contributed by atoms with Crippen molar-refractivity contribution in [3.05, 3.63) is 21.9 Å². The number of rotatable bonds is 1. The standard InChI is InChI=1S/C6H2BrF3N2O2/c7-3-1-2(5(13)14)4(12-11-3)6(8,9)10/h1H,(H,13,14). The highest BCUT2D eigenvalue weighted by Gasteiger charge is 2.38. The van der Waals surface area contributed by atoms with E-state index in [4.69, 9.17) is 5.11 Å². The molecule has 0 spiro atoms. The maximum atomic E-state index is 12.2. The highest BCUT2D eigenvalue weighted by molar-refractivity contribution is 9.10. The number of hydrogen-bond acceptors (Lipinski definition) is 3. The number of alkyl halides is 3. The molecule has 1 rings (SSSR count). The molecule has 0 aromatic carbocycles. The van der Waals surface area contributed by atoms with Gasteiger partial charge in [-0.1, -0.05) is 0 Å². The summed E-state index contributed by atoms with van der Waals surface area (Å²) in [6.45, 7) is 0. The van der Waals surface area contributed by atoms with E-state index in [1.807, 2.05) is 0 Å². The molecule has 76 valence electrons. The van der Waals surface area contributed by atoms with Crippen molar-refractivity contribution in [2.75, 3.05) is 0 Å². The lowest BCUT2D eigenvalue weighted by Gasteiger charge is -2.07. The summed E-state index contributed by atoms with van der Waals surface area (Å²) in [4.78, 5) is 10.4. The number of nitrogens with zero attached hydrogens (tertiary/aromatic N) is 2. The van der Waals surface area contributed by atoms with Crippen LogP contribution in [0.1, 0.15) is 16.1 Å². The average molecular weight is 271 g/mol. The summed E-state index contributed by atoms with van der Waals surface area (Å²) in [6, 6.07) is 0.748. The van der Waals surface area contributed by atoms with Crippen LogP contribution in [-0.2, 0) is 6.18 Å². The van der Waals surface area contributed by atoms with Crippen LogP contribution in [0.25, 0.3) is 0 Å². The summed E-state index contributed by atoms with van der Waals surface area (Å²) in [5.74, 6) is -1.70. The molecule has 0 atom stereocenters. The van der Waals surface area contributed by atoms with E-state index < -0.39 is 23.4 Å². The van der Waals surface area contributed by atoms with Crippen molar-refractivity contribution < 1.29 is 23.1 Å². The zero-order valence-corrected chi connectivity index (χ0v) is 7.93. The van der Waals surface area contributed by atoms with Crippen molar-refractivity contribution in [3.63, 3.8) is 0 Å². The lowest BCUT2D eigenvalue weighted by molar-refractivity contribution is -0.142. The third kappa shape index (κ3) is 2.19. The second-order valence-electron chi connectivity index (χ2n) is 2.23. The van der Waals surface area contributed by atoms with Gasteiger partial charge in [-0.15, -0.1) is 10.2 Å². The third-order valence-corrected chi connectivity index (χ3v) is 1.65. The van der Waals surface area contributed by atoms with Crippen LogP contribution in [0.15, 0.2) is 10.7 Å². The maximum absolute atomic E-state index is 12.2. The fourth-order valence-electron chi connectivity index (χ4n) is 0.740. The van der Waals surface area contributed by atoms with Gasteiger partial charge in [0, 0.05) is 0 Å². The fourth-order valence-corrected chi connectivity index (χ4v) is 1.05. The van der Waals surface area contributed by atoms with Crippen molar-refractivity contribution in [3.8, 4) is 0 Å². The first-order valence-corrected chi connectivity index (χ1v) is 3.95. The Bertz CT molecular complexity index is 380. The van der Waals surface area contributed by atoms with Gasteiger partial charge in [0.05, 0.1) is 5.56 Å². The van der Waals surface area contributed by atoms with Gasteiger partial charge in [-0.05, 0) is 22.0 Å². The largest absolute Gasteiger partial charge is 0.478 e. The van der Waals surface area contributed by atoms with Crippen molar-refractivity contribution in [1.29, 1.82) is 0 Å². The van der Waals surface area contributed by atoms with E-state index >= 15 is 0 Å². The molecule has 1 heterocycles. The van der Waals surface area contributed by atoms with Crippen LogP contribution in [0, 0.1) is 0 Å². The van der Waals surface area contributed by atoms with Crippen LogP contribution in [0.5, 0.6) is 0 Å². The van der Waals surface area contributed by atoms with Gasteiger partial charge in [-0.2, -0.15) is 13.2 Å². The molecule has 1 aromatic rings. The molecule has 1 N–H and O–H groups in total. The van der Waals surface area contributed by atoms with Crippen molar-refractivity contribution in [1.82, 2.24) is 10.2 Å². The summed E-state index contributed by atoms with van der Waals surface area (Å²) < 4.78 is 36.4. The Hall–Kier alpha value is -1.18. The highest BCUT2D eigenvalue weighted by atomic mass is 79.9. The maximum Gasteiger partial charge on any atom is 0.436 e. The first-order chi connectivity index (χ1) is 6.32. The SMILES string of the molecule is O=C(O)c1cc(Br)nnc1C(F)(F)F. The van der Waals surface area contributed by atoms with Crippen LogP contribution >= 0.6 is 15.9 Å². The van der Waals surface area contributed by atoms with Gasteiger partial charge in [0.25, 0.3) is 0 Å². The second-order valence-corrected chi connectivity index (χ2v) is 3.04. The predicted octanol–water partition coefficient (Wildman–Crippen LogP) is 1.96. The fraction of sp³-hybridized carbons (Fsp3) is 0.167. The summed E-state index contributed by atoms with van der Waals surface area (Å²) in [5.41, 5.74) is -2.44. The molecule has 0 saturated heterocycles. The van der Waals surface area contributed by atoms with E-state index in [9.17, 15) is 18.0 Å². The van der Waals surface area contributed by atoms with Gasteiger partial charge in [-0.3, -0.25) is 0 Å². The minimum absolute atomic E-state index is 0.0668. The van der Waals surface area contributed by atoms with Gasteiger partial charge in [0.1, 0.15) is 4.60 Å². The summed E-state index contributed by atoms with van der Waals surface area (Å²) in [6.07, 6.45) is -4.82. The molecule has 0 amide bonds. The molecule has 0 aliphatic heterocycles. The molecule has 0 unspecified atom stereocenters. The number of aromatic carboxylic acids is 1. The number of halogens is 4. The van der Waals surface area contributed by atoms with Gasteiger partial charge in [0.15, 0.2) is 5.69 Å². The Morgan fingerprint density at radius 3 is 2.43 bits per heavy atom. The van der Waals surface area contributed by atoms with Gasteiger partial charge in [0.2, 0.25) is 0 Å². The highest BCUT2D eigenvalue weighted by Crippen LogP contribution is 2.30. The number of carboxylic acid groups (broad SMARTS) is 1. The van der Waals surface area contributed by atoms with Crippen LogP contribution < -0.4 is 0 Å². The van der Waals surface area contributed by atoms with E-state index in [0.29, 0.717) is 0 Å². The number of hydrogen-bond donors (Lipinski definition) is 1. The Labute approximate surface area is 83.9 Å². The smallest absolute Gasteiger partial charge is 0.436 e. The van der Waals surface area contributed by atoms with E-state index in [1.54, 1.807) is 0 Å². The quantitative estimate of drug-likeness (QED) is 0.847. The molecule has 0 radical (unpaired) electrons. The minimum Gasteiger partial charge on any atom is -0.478 e. The first kappa shape index (κ1) is 10.9. The molecular weight excluding hydrogens is 269 g/mol. The second kappa shape index (κ2) is 3.52. The van der Waals surface area contributed by atoms with E-state index in [-0.39, 0.29) is 4.60 Å². The van der Waals surface area contributed by atoms with E-state index in [1.165, 1.54) is 0 Å². The average Bonchev–Trinajstić information content (AvgIpc) is 2.01.